The lowest BCUT2D eigenvalue weighted by Crippen LogP contribution is -2.19. The van der Waals surface area contributed by atoms with Crippen LogP contribution in [0, 0.1) is 5.41 Å². The minimum atomic E-state index is 0.0786. The van der Waals surface area contributed by atoms with E-state index in [9.17, 15) is 0 Å². The van der Waals surface area contributed by atoms with Crippen LogP contribution in [0.3, 0.4) is 0 Å². The van der Waals surface area contributed by atoms with Crippen molar-refractivity contribution in [3.8, 4) is 5.75 Å². The topological polar surface area (TPSA) is 62.3 Å². The number of nitrogens with one attached hydrogen (secondary N) is 1. The predicted molar refractivity (Wildman–Crippen MR) is 61.5 cm³/mol. The number of ether oxygens (including phenoxy) is 1. The van der Waals surface area contributed by atoms with Gasteiger partial charge in [0.05, 0.1) is 0 Å². The molecule has 0 aliphatic heterocycles. The molecule has 0 unspecified atom stereocenters. The average molecular weight is 207 g/mol. The van der Waals surface area contributed by atoms with Crippen molar-refractivity contribution in [1.82, 2.24) is 4.90 Å². The van der Waals surface area contributed by atoms with Crippen molar-refractivity contribution < 1.29 is 4.74 Å². The molecule has 1 rings (SSSR count). The first-order valence-electron chi connectivity index (χ1n) is 4.81. The van der Waals surface area contributed by atoms with E-state index in [0.717, 1.165) is 17.9 Å². The fourth-order valence-corrected chi connectivity index (χ4v) is 1.08. The smallest absolute Gasteiger partial charge is 0.122 e. The van der Waals surface area contributed by atoms with Crippen LogP contribution >= 0.6 is 0 Å². The van der Waals surface area contributed by atoms with Crippen molar-refractivity contribution in [2.45, 2.75) is 0 Å². The van der Waals surface area contributed by atoms with Crippen LogP contribution in [0.4, 0.5) is 0 Å². The van der Waals surface area contributed by atoms with Crippen molar-refractivity contribution in [3.63, 3.8) is 0 Å². The highest BCUT2D eigenvalue weighted by atomic mass is 16.5. The molecule has 0 amide bonds. The van der Waals surface area contributed by atoms with Crippen LogP contribution in [0.15, 0.2) is 24.3 Å². The molecular formula is C11H17N3O. The third-order valence-corrected chi connectivity index (χ3v) is 1.97. The van der Waals surface area contributed by atoms with Gasteiger partial charge in [-0.2, -0.15) is 0 Å². The fraction of sp³-hybridized carbons (Fsp3) is 0.364. The zero-order valence-corrected chi connectivity index (χ0v) is 9.16. The lowest BCUT2D eigenvalue weighted by Gasteiger charge is -2.11. The highest BCUT2D eigenvalue weighted by Crippen LogP contribution is 2.11. The van der Waals surface area contributed by atoms with Gasteiger partial charge in [0, 0.05) is 12.1 Å². The molecule has 4 nitrogen and oxygen atoms in total. The van der Waals surface area contributed by atoms with E-state index >= 15 is 0 Å². The predicted octanol–water partition coefficient (Wildman–Crippen LogP) is 0.911. The van der Waals surface area contributed by atoms with Gasteiger partial charge in [0.1, 0.15) is 18.2 Å². The number of nitrogens with two attached hydrogens (primary N) is 1. The standard InChI is InChI=1S/C11H17N3O/c1-14(2)7-8-15-10-5-3-9(4-6-10)11(12)13/h3-6H,7-8H2,1-2H3,(H3,12,13). The van der Waals surface area contributed by atoms with E-state index in [2.05, 4.69) is 4.90 Å². The normalized spacial score (nSPS) is 10.3. The first kappa shape index (κ1) is 11.5. The maximum absolute atomic E-state index is 7.23. The van der Waals surface area contributed by atoms with E-state index in [-0.39, 0.29) is 5.84 Å². The van der Waals surface area contributed by atoms with E-state index in [1.807, 2.05) is 26.2 Å². The monoisotopic (exact) mass is 207 g/mol. The van der Waals surface area contributed by atoms with Crippen LogP contribution in [-0.2, 0) is 0 Å². The summed E-state index contributed by atoms with van der Waals surface area (Å²) in [5.41, 5.74) is 6.06. The third-order valence-electron chi connectivity index (χ3n) is 1.97. The second kappa shape index (κ2) is 5.36. The van der Waals surface area contributed by atoms with Crippen LogP contribution in [0.25, 0.3) is 0 Å². The molecule has 0 fully saturated rings. The number of hydrogen-bond donors (Lipinski definition) is 2. The zero-order valence-electron chi connectivity index (χ0n) is 9.16. The summed E-state index contributed by atoms with van der Waals surface area (Å²) in [6, 6.07) is 7.22. The van der Waals surface area contributed by atoms with Crippen molar-refractivity contribution in [2.75, 3.05) is 27.2 Å². The van der Waals surface area contributed by atoms with Crippen molar-refractivity contribution in [1.29, 1.82) is 5.41 Å². The summed E-state index contributed by atoms with van der Waals surface area (Å²) in [5, 5.41) is 7.23. The first-order valence-corrected chi connectivity index (χ1v) is 4.81. The summed E-state index contributed by atoms with van der Waals surface area (Å²) >= 11 is 0. The van der Waals surface area contributed by atoms with E-state index in [1.54, 1.807) is 12.1 Å². The summed E-state index contributed by atoms with van der Waals surface area (Å²) in [7, 11) is 4.00. The lowest BCUT2D eigenvalue weighted by molar-refractivity contribution is 0.261. The summed E-state index contributed by atoms with van der Waals surface area (Å²) < 4.78 is 5.50. The Morgan fingerprint density at radius 2 is 1.93 bits per heavy atom. The lowest BCUT2D eigenvalue weighted by atomic mass is 10.2. The van der Waals surface area contributed by atoms with Crippen LogP contribution in [0.2, 0.25) is 0 Å². The molecule has 0 aromatic heterocycles. The number of rotatable bonds is 5. The van der Waals surface area contributed by atoms with E-state index in [1.165, 1.54) is 0 Å². The molecule has 0 saturated carbocycles. The Morgan fingerprint density at radius 3 is 2.40 bits per heavy atom. The molecule has 0 bridgehead atoms. The summed E-state index contributed by atoms with van der Waals surface area (Å²) in [4.78, 5) is 2.06. The Hall–Kier alpha value is -1.55. The molecule has 0 heterocycles. The number of nitrogens with zero attached hydrogens (tertiary/aromatic N) is 1. The summed E-state index contributed by atoms with van der Waals surface area (Å²) in [5.74, 6) is 0.886. The van der Waals surface area contributed by atoms with Gasteiger partial charge in [0.15, 0.2) is 0 Å². The Morgan fingerprint density at radius 1 is 1.33 bits per heavy atom. The molecule has 1 aromatic rings. The van der Waals surface area contributed by atoms with Crippen LogP contribution in [0.5, 0.6) is 5.75 Å². The molecule has 82 valence electrons. The molecule has 15 heavy (non-hydrogen) atoms. The molecule has 0 spiro atoms. The first-order chi connectivity index (χ1) is 7.09. The van der Waals surface area contributed by atoms with Gasteiger partial charge in [-0.1, -0.05) is 0 Å². The number of benzene rings is 1. The third kappa shape index (κ3) is 3.99. The van der Waals surface area contributed by atoms with Crippen molar-refractivity contribution in [2.24, 2.45) is 5.73 Å². The quantitative estimate of drug-likeness (QED) is 0.557. The molecule has 3 N–H and O–H groups in total. The second-order valence-corrected chi connectivity index (χ2v) is 3.59. The SMILES string of the molecule is CN(C)CCOc1ccc(C(=N)N)cc1. The average Bonchev–Trinajstić information content (AvgIpc) is 2.18. The molecular weight excluding hydrogens is 190 g/mol. The largest absolute Gasteiger partial charge is 0.492 e. The highest BCUT2D eigenvalue weighted by Gasteiger charge is 1.97. The van der Waals surface area contributed by atoms with Crippen LogP contribution in [0.1, 0.15) is 5.56 Å². The number of amidine groups is 1. The van der Waals surface area contributed by atoms with E-state index in [4.69, 9.17) is 15.9 Å². The van der Waals surface area contributed by atoms with Gasteiger partial charge >= 0.3 is 0 Å². The fourth-order valence-electron chi connectivity index (χ4n) is 1.08. The van der Waals surface area contributed by atoms with Gasteiger partial charge in [-0.15, -0.1) is 0 Å². The summed E-state index contributed by atoms with van der Waals surface area (Å²) in [6.07, 6.45) is 0. The Kier molecular flexibility index (Phi) is 4.12. The molecule has 0 aliphatic rings. The molecule has 0 saturated heterocycles. The number of likely N-dealkylation sites (N-methyl/N-ethyl adjacent to an activating group) is 1. The van der Waals surface area contributed by atoms with E-state index < -0.39 is 0 Å². The minimum Gasteiger partial charge on any atom is -0.492 e. The minimum absolute atomic E-state index is 0.0786. The molecule has 0 radical (unpaired) electrons. The molecule has 1 aromatic carbocycles. The Labute approximate surface area is 90.2 Å². The second-order valence-electron chi connectivity index (χ2n) is 3.59. The van der Waals surface area contributed by atoms with Crippen LogP contribution in [-0.4, -0.2) is 38.0 Å². The zero-order chi connectivity index (χ0) is 11.3. The van der Waals surface area contributed by atoms with Gasteiger partial charge in [0.2, 0.25) is 0 Å². The van der Waals surface area contributed by atoms with Crippen molar-refractivity contribution in [3.05, 3.63) is 29.8 Å². The van der Waals surface area contributed by atoms with E-state index in [0.29, 0.717) is 6.61 Å². The van der Waals surface area contributed by atoms with Gasteiger partial charge in [0.25, 0.3) is 0 Å². The van der Waals surface area contributed by atoms with Gasteiger partial charge in [-0.05, 0) is 38.4 Å². The van der Waals surface area contributed by atoms with Crippen LogP contribution < -0.4 is 10.5 Å². The molecule has 0 aliphatic carbocycles. The van der Waals surface area contributed by atoms with Gasteiger partial charge in [-0.3, -0.25) is 5.41 Å². The molecule has 0 atom stereocenters. The van der Waals surface area contributed by atoms with Crippen molar-refractivity contribution >= 4 is 5.84 Å². The van der Waals surface area contributed by atoms with Gasteiger partial charge in [-0.25, -0.2) is 0 Å². The Bertz CT molecular complexity index is 319. The van der Waals surface area contributed by atoms with Gasteiger partial charge < -0.3 is 15.4 Å². The summed E-state index contributed by atoms with van der Waals surface area (Å²) in [6.45, 7) is 1.54. The number of hydrogen-bond acceptors (Lipinski definition) is 3. The maximum Gasteiger partial charge on any atom is 0.122 e. The maximum atomic E-state index is 7.23. The molecule has 4 heteroatoms. The highest BCUT2D eigenvalue weighted by molar-refractivity contribution is 5.94. The number of nitrogen functional groups attached to an aromatic ring is 1. The Balaban J connectivity index is 2.46.